The minimum atomic E-state index is -0.173. The number of hydrogen-bond acceptors (Lipinski definition) is 8. The summed E-state index contributed by atoms with van der Waals surface area (Å²) in [6.07, 6.45) is 4.58. The number of aryl methyl sites for hydroxylation is 2. The SMILES string of the molecule is C=CCn1c(Cc2csc(NC(=O)c3sc4nc(C5CC5)nc(C)c4c3C)n2)n[nH]c1=S. The summed E-state index contributed by atoms with van der Waals surface area (Å²) in [6.45, 7) is 8.28. The molecule has 11 heteroatoms. The van der Waals surface area contributed by atoms with Crippen LogP contribution in [0.3, 0.4) is 0 Å². The van der Waals surface area contributed by atoms with Gasteiger partial charge in [0.05, 0.1) is 22.7 Å². The number of allylic oxidation sites excluding steroid dienone is 1. The second-order valence-corrected chi connectivity index (χ2v) is 10.0. The molecule has 8 nitrogen and oxygen atoms in total. The topological polar surface area (TPSA) is 101 Å². The molecule has 1 aliphatic carbocycles. The van der Waals surface area contributed by atoms with E-state index in [-0.39, 0.29) is 5.91 Å². The van der Waals surface area contributed by atoms with Crippen molar-refractivity contribution in [1.29, 1.82) is 0 Å². The molecule has 1 saturated carbocycles. The number of thiophene rings is 1. The number of carbonyl (C=O) groups excluding carboxylic acids is 1. The first-order valence-corrected chi connectivity index (χ1v) is 12.3. The van der Waals surface area contributed by atoms with E-state index in [0.717, 1.165) is 51.7 Å². The lowest BCUT2D eigenvalue weighted by Gasteiger charge is -2.02. The molecular formula is C21H21N7OS3. The molecule has 32 heavy (non-hydrogen) atoms. The van der Waals surface area contributed by atoms with Crippen LogP contribution in [0.1, 0.15) is 57.0 Å². The molecule has 4 aromatic heterocycles. The Morgan fingerprint density at radius 3 is 2.94 bits per heavy atom. The Balaban J connectivity index is 1.36. The van der Waals surface area contributed by atoms with Gasteiger partial charge in [0.15, 0.2) is 9.90 Å². The van der Waals surface area contributed by atoms with Crippen molar-refractivity contribution in [1.82, 2.24) is 29.7 Å². The van der Waals surface area contributed by atoms with Crippen LogP contribution in [0.4, 0.5) is 5.13 Å². The van der Waals surface area contributed by atoms with E-state index >= 15 is 0 Å². The summed E-state index contributed by atoms with van der Waals surface area (Å²) in [7, 11) is 0. The molecule has 4 heterocycles. The first-order valence-electron chi connectivity index (χ1n) is 10.2. The monoisotopic (exact) mass is 483 g/mol. The van der Waals surface area contributed by atoms with Gasteiger partial charge < -0.3 is 0 Å². The maximum atomic E-state index is 13.0. The normalized spacial score (nSPS) is 13.6. The molecule has 0 radical (unpaired) electrons. The number of thiazole rings is 1. The zero-order chi connectivity index (χ0) is 22.4. The number of aromatic nitrogens is 6. The van der Waals surface area contributed by atoms with Gasteiger partial charge in [-0.2, -0.15) is 5.10 Å². The molecule has 2 N–H and O–H groups in total. The third-order valence-electron chi connectivity index (χ3n) is 5.40. The van der Waals surface area contributed by atoms with Crippen LogP contribution in [0.2, 0.25) is 0 Å². The Morgan fingerprint density at radius 1 is 1.38 bits per heavy atom. The van der Waals surface area contributed by atoms with Crippen molar-refractivity contribution in [2.45, 2.75) is 45.6 Å². The number of nitrogens with one attached hydrogen (secondary N) is 2. The number of carbonyl (C=O) groups is 1. The van der Waals surface area contributed by atoms with E-state index in [1.807, 2.05) is 23.8 Å². The molecule has 0 unspecified atom stereocenters. The maximum absolute atomic E-state index is 13.0. The summed E-state index contributed by atoms with van der Waals surface area (Å²) >= 11 is 8.07. The molecule has 1 fully saturated rings. The van der Waals surface area contributed by atoms with Crippen LogP contribution in [0.15, 0.2) is 18.0 Å². The molecule has 0 saturated heterocycles. The molecule has 164 valence electrons. The smallest absolute Gasteiger partial charge is 0.267 e. The Labute approximate surface area is 197 Å². The van der Waals surface area contributed by atoms with Gasteiger partial charge in [-0.25, -0.2) is 15.0 Å². The highest BCUT2D eigenvalue weighted by molar-refractivity contribution is 7.71. The summed E-state index contributed by atoms with van der Waals surface area (Å²) in [6, 6.07) is 0. The minimum Gasteiger partial charge on any atom is -0.300 e. The molecule has 0 aliphatic heterocycles. The summed E-state index contributed by atoms with van der Waals surface area (Å²) in [5, 5.41) is 13.5. The highest BCUT2D eigenvalue weighted by Crippen LogP contribution is 2.40. The first-order chi connectivity index (χ1) is 15.4. The fourth-order valence-corrected chi connectivity index (χ4v) is 5.73. The lowest BCUT2D eigenvalue weighted by molar-refractivity contribution is 0.103. The highest BCUT2D eigenvalue weighted by atomic mass is 32.1. The minimum absolute atomic E-state index is 0.173. The summed E-state index contributed by atoms with van der Waals surface area (Å²) in [5.41, 5.74) is 2.67. The number of hydrogen-bond donors (Lipinski definition) is 2. The van der Waals surface area contributed by atoms with Crippen LogP contribution in [-0.2, 0) is 13.0 Å². The summed E-state index contributed by atoms with van der Waals surface area (Å²) in [5.74, 6) is 1.98. The van der Waals surface area contributed by atoms with Crippen molar-refractivity contribution >= 4 is 56.1 Å². The summed E-state index contributed by atoms with van der Waals surface area (Å²) in [4.78, 5) is 28.5. The molecule has 5 rings (SSSR count). The molecule has 1 amide bonds. The Kier molecular flexibility index (Phi) is 5.48. The number of amides is 1. The van der Waals surface area contributed by atoms with Crippen LogP contribution >= 0.6 is 34.9 Å². The number of anilines is 1. The van der Waals surface area contributed by atoms with E-state index in [1.54, 1.807) is 6.08 Å². The van der Waals surface area contributed by atoms with Crippen LogP contribution in [0.25, 0.3) is 10.2 Å². The standard InChI is InChI=1S/C21H21N7OS3/c1-4-7-28-14(26-27-21(28)30)8-13-9-31-20(23-13)25-18(29)16-10(2)15-11(3)22-17(12-5-6-12)24-19(15)32-16/h4,9,12H,1,5-8H2,2-3H3,(H,27,30)(H,23,25,29). The lowest BCUT2D eigenvalue weighted by atomic mass is 10.1. The van der Waals surface area contributed by atoms with Gasteiger partial charge >= 0.3 is 0 Å². The Hall–Kier alpha value is -2.76. The maximum Gasteiger partial charge on any atom is 0.267 e. The van der Waals surface area contributed by atoms with E-state index in [9.17, 15) is 4.79 Å². The average Bonchev–Trinajstić information content (AvgIpc) is 3.32. The number of H-pyrrole nitrogens is 1. The van der Waals surface area contributed by atoms with Crippen LogP contribution in [0.5, 0.6) is 0 Å². The second kappa shape index (κ2) is 8.30. The van der Waals surface area contributed by atoms with Crippen molar-refractivity contribution < 1.29 is 4.79 Å². The van der Waals surface area contributed by atoms with Gasteiger partial charge in [-0.05, 0) is 44.5 Å². The van der Waals surface area contributed by atoms with Gasteiger partial charge in [0, 0.05) is 23.2 Å². The predicted octanol–water partition coefficient (Wildman–Crippen LogP) is 4.93. The van der Waals surface area contributed by atoms with Gasteiger partial charge in [0.25, 0.3) is 5.91 Å². The van der Waals surface area contributed by atoms with Crippen molar-refractivity contribution in [2.75, 3.05) is 5.32 Å². The van der Waals surface area contributed by atoms with E-state index in [2.05, 4.69) is 32.1 Å². The summed E-state index contributed by atoms with van der Waals surface area (Å²) < 4.78 is 2.42. The molecule has 0 aromatic carbocycles. The first kappa shape index (κ1) is 21.1. The van der Waals surface area contributed by atoms with Crippen molar-refractivity contribution in [2.24, 2.45) is 0 Å². The largest absolute Gasteiger partial charge is 0.300 e. The molecular weight excluding hydrogens is 462 g/mol. The number of rotatable bonds is 7. The number of nitrogens with zero attached hydrogens (tertiary/aromatic N) is 5. The molecule has 0 atom stereocenters. The third-order valence-corrected chi connectivity index (χ3v) is 7.70. The van der Waals surface area contributed by atoms with Gasteiger partial charge in [-0.3, -0.25) is 19.8 Å². The van der Waals surface area contributed by atoms with Crippen LogP contribution in [-0.4, -0.2) is 35.6 Å². The van der Waals surface area contributed by atoms with Crippen LogP contribution in [0, 0.1) is 18.6 Å². The zero-order valence-electron chi connectivity index (χ0n) is 17.6. The predicted molar refractivity (Wildman–Crippen MR) is 129 cm³/mol. The van der Waals surface area contributed by atoms with Gasteiger partial charge in [-0.15, -0.1) is 29.3 Å². The second-order valence-electron chi connectivity index (χ2n) is 7.80. The van der Waals surface area contributed by atoms with Crippen molar-refractivity contribution in [3.05, 3.63) is 56.3 Å². The zero-order valence-corrected chi connectivity index (χ0v) is 20.1. The lowest BCUT2D eigenvalue weighted by Crippen LogP contribution is -2.11. The Morgan fingerprint density at radius 2 is 2.19 bits per heavy atom. The highest BCUT2D eigenvalue weighted by Gasteiger charge is 2.28. The third kappa shape index (κ3) is 3.91. The van der Waals surface area contributed by atoms with Crippen molar-refractivity contribution in [3.8, 4) is 0 Å². The Bertz CT molecular complexity index is 1410. The van der Waals surface area contributed by atoms with Gasteiger partial charge in [0.1, 0.15) is 16.5 Å². The fourth-order valence-electron chi connectivity index (χ4n) is 3.66. The number of aromatic amines is 1. The molecule has 0 spiro atoms. The molecule has 4 aromatic rings. The average molecular weight is 484 g/mol. The van der Waals surface area contributed by atoms with E-state index in [1.165, 1.54) is 22.7 Å². The fraction of sp³-hybridized carbons (Fsp3) is 0.333. The van der Waals surface area contributed by atoms with E-state index in [4.69, 9.17) is 17.2 Å². The van der Waals surface area contributed by atoms with Gasteiger partial charge in [0.2, 0.25) is 0 Å². The molecule has 1 aliphatic rings. The quantitative estimate of drug-likeness (QED) is 0.286. The number of fused-ring (bicyclic) bond motifs is 1. The van der Waals surface area contributed by atoms with Gasteiger partial charge in [-0.1, -0.05) is 6.08 Å². The molecule has 0 bridgehead atoms. The van der Waals surface area contributed by atoms with Crippen LogP contribution < -0.4 is 5.32 Å². The van der Waals surface area contributed by atoms with Crippen molar-refractivity contribution in [3.63, 3.8) is 0 Å². The van der Waals surface area contributed by atoms with E-state index < -0.39 is 0 Å². The van der Waals surface area contributed by atoms with E-state index in [0.29, 0.717) is 33.7 Å².